The number of pyridine rings is 1. The molecule has 1 aromatic rings. The van der Waals surface area contributed by atoms with Crippen LogP contribution >= 0.6 is 24.8 Å². The molecule has 0 aromatic carbocycles. The van der Waals surface area contributed by atoms with Crippen molar-refractivity contribution in [2.24, 2.45) is 11.7 Å². The molecule has 0 spiro atoms. The van der Waals surface area contributed by atoms with E-state index in [0.717, 1.165) is 6.42 Å². The quantitative estimate of drug-likeness (QED) is 0.766. The first-order valence-electron chi connectivity index (χ1n) is 7.10. The molecule has 1 rings (SSSR count). The summed E-state index contributed by atoms with van der Waals surface area (Å²) >= 11 is 0. The van der Waals surface area contributed by atoms with Gasteiger partial charge in [0.2, 0.25) is 5.91 Å². The van der Waals surface area contributed by atoms with Crippen molar-refractivity contribution in [2.75, 3.05) is 20.1 Å². The second kappa shape index (κ2) is 12.1. The highest BCUT2D eigenvalue weighted by Crippen LogP contribution is 2.03. The van der Waals surface area contributed by atoms with E-state index in [4.69, 9.17) is 5.73 Å². The van der Waals surface area contributed by atoms with Crippen LogP contribution in [-0.4, -0.2) is 47.9 Å². The third-order valence-corrected chi connectivity index (χ3v) is 3.38. The van der Waals surface area contributed by atoms with E-state index in [0.29, 0.717) is 18.2 Å². The SMILES string of the molecule is CC(C)C(N)CCN(C)C(=O)CNC(=O)c1ccccn1.Cl.Cl. The number of aromatic nitrogens is 1. The van der Waals surface area contributed by atoms with E-state index >= 15 is 0 Å². The zero-order chi connectivity index (χ0) is 15.8. The maximum atomic E-state index is 11.9. The summed E-state index contributed by atoms with van der Waals surface area (Å²) in [5, 5.41) is 2.57. The van der Waals surface area contributed by atoms with Gasteiger partial charge in [0.15, 0.2) is 0 Å². The topological polar surface area (TPSA) is 88.3 Å². The van der Waals surface area contributed by atoms with Gasteiger partial charge in [-0.1, -0.05) is 19.9 Å². The van der Waals surface area contributed by atoms with Crippen LogP contribution in [-0.2, 0) is 4.79 Å². The summed E-state index contributed by atoms with van der Waals surface area (Å²) in [4.78, 5) is 29.2. The number of amides is 2. The maximum absolute atomic E-state index is 11.9. The zero-order valence-electron chi connectivity index (χ0n) is 13.7. The number of hydrogen-bond donors (Lipinski definition) is 2. The standard InChI is InChI=1S/C15H24N4O2.2ClH/c1-11(2)12(16)7-9-19(3)14(20)10-18-15(21)13-6-4-5-8-17-13;;/h4-6,8,11-12H,7,9-10,16H2,1-3H3,(H,18,21);2*1H. The monoisotopic (exact) mass is 364 g/mol. The van der Waals surface area contributed by atoms with E-state index in [2.05, 4.69) is 24.1 Å². The number of halogens is 2. The van der Waals surface area contributed by atoms with Gasteiger partial charge in [-0.2, -0.15) is 0 Å². The fraction of sp³-hybridized carbons (Fsp3) is 0.533. The van der Waals surface area contributed by atoms with Crippen LogP contribution in [0, 0.1) is 5.92 Å². The molecule has 0 aliphatic heterocycles. The van der Waals surface area contributed by atoms with Crippen LogP contribution in [0.1, 0.15) is 30.8 Å². The highest BCUT2D eigenvalue weighted by molar-refractivity contribution is 5.94. The lowest BCUT2D eigenvalue weighted by molar-refractivity contribution is -0.128. The molecule has 0 fully saturated rings. The van der Waals surface area contributed by atoms with Gasteiger partial charge in [-0.15, -0.1) is 24.8 Å². The van der Waals surface area contributed by atoms with E-state index in [1.165, 1.54) is 6.20 Å². The van der Waals surface area contributed by atoms with Crippen LogP contribution in [0.15, 0.2) is 24.4 Å². The molecular weight excluding hydrogens is 339 g/mol. The number of rotatable bonds is 7. The van der Waals surface area contributed by atoms with Crippen LogP contribution in [0.4, 0.5) is 0 Å². The van der Waals surface area contributed by atoms with Gasteiger partial charge in [-0.3, -0.25) is 14.6 Å². The van der Waals surface area contributed by atoms with E-state index in [1.54, 1.807) is 30.1 Å². The lowest BCUT2D eigenvalue weighted by Gasteiger charge is -2.21. The van der Waals surface area contributed by atoms with Crippen molar-refractivity contribution in [1.82, 2.24) is 15.2 Å². The Labute approximate surface area is 150 Å². The first-order valence-corrected chi connectivity index (χ1v) is 7.10. The Hall–Kier alpha value is -1.37. The summed E-state index contributed by atoms with van der Waals surface area (Å²) in [6.45, 7) is 4.65. The molecule has 23 heavy (non-hydrogen) atoms. The molecule has 0 radical (unpaired) electrons. The maximum Gasteiger partial charge on any atom is 0.270 e. The van der Waals surface area contributed by atoms with Crippen LogP contribution in [0.25, 0.3) is 0 Å². The minimum absolute atomic E-state index is 0. The molecule has 3 N–H and O–H groups in total. The normalized spacial score (nSPS) is 11.0. The Balaban J connectivity index is 0. The molecule has 0 bridgehead atoms. The summed E-state index contributed by atoms with van der Waals surface area (Å²) in [5.41, 5.74) is 6.25. The molecule has 1 heterocycles. The fourth-order valence-electron chi connectivity index (χ4n) is 1.68. The summed E-state index contributed by atoms with van der Waals surface area (Å²) in [7, 11) is 1.71. The van der Waals surface area contributed by atoms with Crippen molar-refractivity contribution in [2.45, 2.75) is 26.3 Å². The minimum atomic E-state index is -0.351. The highest BCUT2D eigenvalue weighted by atomic mass is 35.5. The zero-order valence-corrected chi connectivity index (χ0v) is 15.3. The average Bonchev–Trinajstić information content (AvgIpc) is 2.50. The van der Waals surface area contributed by atoms with Gasteiger partial charge in [0.25, 0.3) is 5.91 Å². The van der Waals surface area contributed by atoms with E-state index < -0.39 is 0 Å². The van der Waals surface area contributed by atoms with Gasteiger partial charge in [0.05, 0.1) is 6.54 Å². The Morgan fingerprint density at radius 1 is 1.30 bits per heavy atom. The second-order valence-electron chi connectivity index (χ2n) is 5.41. The Kier molecular flexibility index (Phi) is 12.6. The lowest BCUT2D eigenvalue weighted by atomic mass is 10.0. The first-order chi connectivity index (χ1) is 9.91. The molecule has 1 unspecified atom stereocenters. The molecule has 132 valence electrons. The van der Waals surface area contributed by atoms with Crippen LogP contribution in [0.5, 0.6) is 0 Å². The molecule has 1 aromatic heterocycles. The predicted octanol–water partition coefficient (Wildman–Crippen LogP) is 1.49. The molecule has 8 heteroatoms. The number of likely N-dealkylation sites (N-methyl/N-ethyl adjacent to an activating group) is 1. The van der Waals surface area contributed by atoms with E-state index in [9.17, 15) is 9.59 Å². The molecule has 0 aliphatic rings. The third kappa shape index (κ3) is 8.74. The van der Waals surface area contributed by atoms with Gasteiger partial charge in [0.1, 0.15) is 5.69 Å². The summed E-state index contributed by atoms with van der Waals surface area (Å²) < 4.78 is 0. The van der Waals surface area contributed by atoms with Crippen LogP contribution in [0.2, 0.25) is 0 Å². The number of carbonyl (C=O) groups excluding carboxylic acids is 2. The molecule has 2 amide bonds. The van der Waals surface area contributed by atoms with Gasteiger partial charge >= 0.3 is 0 Å². The van der Waals surface area contributed by atoms with E-state index in [1.807, 2.05) is 0 Å². The fourth-order valence-corrected chi connectivity index (χ4v) is 1.68. The van der Waals surface area contributed by atoms with E-state index in [-0.39, 0.29) is 49.2 Å². The van der Waals surface area contributed by atoms with Gasteiger partial charge < -0.3 is 16.0 Å². The molecule has 0 saturated carbocycles. The highest BCUT2D eigenvalue weighted by Gasteiger charge is 2.14. The predicted molar refractivity (Wildman–Crippen MR) is 96.1 cm³/mol. The van der Waals surface area contributed by atoms with Crippen molar-refractivity contribution in [1.29, 1.82) is 0 Å². The van der Waals surface area contributed by atoms with Gasteiger partial charge in [0, 0.05) is 25.8 Å². The number of carbonyl (C=O) groups is 2. The van der Waals surface area contributed by atoms with Crippen LogP contribution in [0.3, 0.4) is 0 Å². The molecule has 0 saturated heterocycles. The number of nitrogens with zero attached hydrogens (tertiary/aromatic N) is 2. The van der Waals surface area contributed by atoms with Crippen molar-refractivity contribution in [3.8, 4) is 0 Å². The third-order valence-electron chi connectivity index (χ3n) is 3.38. The molecule has 0 aliphatic carbocycles. The van der Waals surface area contributed by atoms with Crippen LogP contribution < -0.4 is 11.1 Å². The number of hydrogen-bond acceptors (Lipinski definition) is 4. The summed E-state index contributed by atoms with van der Waals surface area (Å²) in [5.74, 6) is -0.108. The summed E-state index contributed by atoms with van der Waals surface area (Å²) in [6, 6.07) is 5.13. The van der Waals surface area contributed by atoms with Gasteiger partial charge in [-0.25, -0.2) is 0 Å². The number of nitrogens with two attached hydrogens (primary N) is 1. The van der Waals surface area contributed by atoms with Gasteiger partial charge in [-0.05, 0) is 24.5 Å². The molecule has 1 atom stereocenters. The number of nitrogens with one attached hydrogen (secondary N) is 1. The smallest absolute Gasteiger partial charge is 0.270 e. The average molecular weight is 365 g/mol. The Bertz CT molecular complexity index is 472. The Morgan fingerprint density at radius 3 is 2.48 bits per heavy atom. The molecule has 6 nitrogen and oxygen atoms in total. The Morgan fingerprint density at radius 2 is 1.96 bits per heavy atom. The minimum Gasteiger partial charge on any atom is -0.344 e. The summed E-state index contributed by atoms with van der Waals surface area (Å²) in [6.07, 6.45) is 2.28. The van der Waals surface area contributed by atoms with Crippen molar-refractivity contribution >= 4 is 36.6 Å². The first kappa shape index (κ1) is 23.9. The van der Waals surface area contributed by atoms with Crippen molar-refractivity contribution < 1.29 is 9.59 Å². The second-order valence-corrected chi connectivity index (χ2v) is 5.41. The largest absolute Gasteiger partial charge is 0.344 e. The lowest BCUT2D eigenvalue weighted by Crippen LogP contribution is -2.40. The van der Waals surface area contributed by atoms with Crippen molar-refractivity contribution in [3.05, 3.63) is 30.1 Å². The van der Waals surface area contributed by atoms with Crippen molar-refractivity contribution in [3.63, 3.8) is 0 Å². The molecular formula is C15H26Cl2N4O2.